The zero-order chi connectivity index (χ0) is 13.4. The van der Waals surface area contributed by atoms with Crippen LogP contribution in [0.25, 0.3) is 0 Å². The standard InChI is InChI=1S/C14H24N2O2/c1-5-8(2)12-14(18)16(7-11-6-9(11)3)10(4)13(17)15-12/h8-12H,5-7H2,1-4H3,(H,15,17). The summed E-state index contributed by atoms with van der Waals surface area (Å²) in [5.74, 6) is 1.61. The Labute approximate surface area is 109 Å². The number of piperazine rings is 1. The van der Waals surface area contributed by atoms with Crippen LogP contribution in [0.3, 0.4) is 0 Å². The van der Waals surface area contributed by atoms with Gasteiger partial charge in [0.2, 0.25) is 11.8 Å². The van der Waals surface area contributed by atoms with Crippen molar-refractivity contribution in [2.24, 2.45) is 17.8 Å². The second-order valence-corrected chi connectivity index (χ2v) is 6.01. The zero-order valence-corrected chi connectivity index (χ0v) is 11.8. The van der Waals surface area contributed by atoms with Crippen LogP contribution < -0.4 is 5.32 Å². The van der Waals surface area contributed by atoms with Gasteiger partial charge in [0.15, 0.2) is 0 Å². The predicted molar refractivity (Wildman–Crippen MR) is 69.8 cm³/mol. The lowest BCUT2D eigenvalue weighted by Gasteiger charge is -2.39. The number of rotatable bonds is 4. The van der Waals surface area contributed by atoms with Gasteiger partial charge in [-0.05, 0) is 31.1 Å². The number of nitrogens with one attached hydrogen (secondary N) is 1. The Morgan fingerprint density at radius 1 is 1.39 bits per heavy atom. The van der Waals surface area contributed by atoms with E-state index >= 15 is 0 Å². The molecule has 0 spiro atoms. The lowest BCUT2D eigenvalue weighted by atomic mass is 9.94. The summed E-state index contributed by atoms with van der Waals surface area (Å²) in [5, 5.41) is 2.87. The first kappa shape index (κ1) is 13.4. The molecule has 0 aromatic rings. The minimum Gasteiger partial charge on any atom is -0.342 e. The first-order valence-corrected chi connectivity index (χ1v) is 7.06. The van der Waals surface area contributed by atoms with Gasteiger partial charge in [-0.1, -0.05) is 27.2 Å². The van der Waals surface area contributed by atoms with Crippen molar-refractivity contribution in [3.8, 4) is 0 Å². The number of amides is 2. The van der Waals surface area contributed by atoms with Crippen LogP contribution in [-0.4, -0.2) is 35.3 Å². The highest BCUT2D eigenvalue weighted by molar-refractivity contribution is 5.96. The average Bonchev–Trinajstić information content (AvgIpc) is 3.04. The van der Waals surface area contributed by atoms with E-state index in [2.05, 4.69) is 19.2 Å². The maximum absolute atomic E-state index is 12.5. The largest absolute Gasteiger partial charge is 0.342 e. The molecule has 0 radical (unpaired) electrons. The van der Waals surface area contributed by atoms with E-state index in [1.165, 1.54) is 6.42 Å². The topological polar surface area (TPSA) is 49.4 Å². The molecule has 2 fully saturated rings. The minimum absolute atomic E-state index is 0.00629. The molecule has 1 saturated carbocycles. The van der Waals surface area contributed by atoms with Crippen molar-refractivity contribution in [1.82, 2.24) is 10.2 Å². The third kappa shape index (κ3) is 2.38. The number of carbonyl (C=O) groups is 2. The molecule has 1 N–H and O–H groups in total. The minimum atomic E-state index is -0.326. The smallest absolute Gasteiger partial charge is 0.246 e. The van der Waals surface area contributed by atoms with Crippen molar-refractivity contribution in [3.63, 3.8) is 0 Å². The molecule has 1 aliphatic carbocycles. The molecule has 0 aromatic carbocycles. The zero-order valence-electron chi connectivity index (χ0n) is 11.8. The fourth-order valence-corrected chi connectivity index (χ4v) is 2.62. The maximum Gasteiger partial charge on any atom is 0.246 e. The molecule has 0 aromatic heterocycles. The summed E-state index contributed by atoms with van der Waals surface area (Å²) in [6.45, 7) is 8.86. The van der Waals surface area contributed by atoms with E-state index in [1.54, 1.807) is 4.90 Å². The molecule has 2 aliphatic rings. The summed E-state index contributed by atoms with van der Waals surface area (Å²) < 4.78 is 0. The molecule has 5 unspecified atom stereocenters. The van der Waals surface area contributed by atoms with Gasteiger partial charge in [0.1, 0.15) is 12.1 Å². The number of hydrogen-bond donors (Lipinski definition) is 1. The molecule has 1 saturated heterocycles. The Hall–Kier alpha value is -1.06. The fourth-order valence-electron chi connectivity index (χ4n) is 2.62. The lowest BCUT2D eigenvalue weighted by Crippen LogP contribution is -2.64. The van der Waals surface area contributed by atoms with Crippen LogP contribution in [0.15, 0.2) is 0 Å². The summed E-state index contributed by atoms with van der Waals surface area (Å²) in [6, 6.07) is -0.640. The van der Waals surface area contributed by atoms with E-state index in [1.807, 2.05) is 13.8 Å². The summed E-state index contributed by atoms with van der Waals surface area (Å²) in [7, 11) is 0. The van der Waals surface area contributed by atoms with Gasteiger partial charge in [-0.15, -0.1) is 0 Å². The molecule has 2 amide bonds. The first-order valence-electron chi connectivity index (χ1n) is 7.06. The predicted octanol–water partition coefficient (Wildman–Crippen LogP) is 1.40. The summed E-state index contributed by atoms with van der Waals surface area (Å²) in [6.07, 6.45) is 2.09. The van der Waals surface area contributed by atoms with Gasteiger partial charge in [0.25, 0.3) is 0 Å². The van der Waals surface area contributed by atoms with Crippen LogP contribution >= 0.6 is 0 Å². The Bertz CT molecular complexity index is 356. The molecular formula is C14H24N2O2. The number of hydrogen-bond acceptors (Lipinski definition) is 2. The van der Waals surface area contributed by atoms with E-state index in [-0.39, 0.29) is 29.8 Å². The van der Waals surface area contributed by atoms with Crippen LogP contribution in [0, 0.1) is 17.8 Å². The Morgan fingerprint density at radius 2 is 2.00 bits per heavy atom. The molecule has 18 heavy (non-hydrogen) atoms. The van der Waals surface area contributed by atoms with Crippen molar-refractivity contribution in [2.45, 2.75) is 52.6 Å². The van der Waals surface area contributed by atoms with Crippen LogP contribution in [-0.2, 0) is 9.59 Å². The van der Waals surface area contributed by atoms with E-state index in [9.17, 15) is 9.59 Å². The Kier molecular flexibility index (Phi) is 3.64. The van der Waals surface area contributed by atoms with Gasteiger partial charge in [0.05, 0.1) is 0 Å². The molecule has 4 nitrogen and oxygen atoms in total. The molecule has 4 heteroatoms. The van der Waals surface area contributed by atoms with Gasteiger partial charge in [-0.3, -0.25) is 9.59 Å². The van der Waals surface area contributed by atoms with Crippen molar-refractivity contribution in [3.05, 3.63) is 0 Å². The van der Waals surface area contributed by atoms with Gasteiger partial charge in [-0.2, -0.15) is 0 Å². The Balaban J connectivity index is 2.09. The molecule has 5 atom stereocenters. The van der Waals surface area contributed by atoms with Crippen LogP contribution in [0.1, 0.15) is 40.5 Å². The van der Waals surface area contributed by atoms with Gasteiger partial charge >= 0.3 is 0 Å². The normalized spacial score (nSPS) is 37.4. The second-order valence-electron chi connectivity index (χ2n) is 6.01. The highest BCUT2D eigenvalue weighted by Crippen LogP contribution is 2.39. The maximum atomic E-state index is 12.5. The van der Waals surface area contributed by atoms with Crippen molar-refractivity contribution in [1.29, 1.82) is 0 Å². The van der Waals surface area contributed by atoms with E-state index in [4.69, 9.17) is 0 Å². The lowest BCUT2D eigenvalue weighted by molar-refractivity contribution is -0.150. The molecule has 1 heterocycles. The van der Waals surface area contributed by atoms with Gasteiger partial charge in [0, 0.05) is 6.54 Å². The van der Waals surface area contributed by atoms with Crippen molar-refractivity contribution < 1.29 is 9.59 Å². The SMILES string of the molecule is CCC(C)C1NC(=O)C(C)N(CC2CC2C)C1=O. The highest BCUT2D eigenvalue weighted by Gasteiger charge is 2.43. The Morgan fingerprint density at radius 3 is 2.50 bits per heavy atom. The summed E-state index contributed by atoms with van der Waals surface area (Å²) in [5.41, 5.74) is 0. The van der Waals surface area contributed by atoms with Gasteiger partial charge in [-0.25, -0.2) is 0 Å². The van der Waals surface area contributed by atoms with Crippen LogP contribution in [0.5, 0.6) is 0 Å². The van der Waals surface area contributed by atoms with Crippen molar-refractivity contribution >= 4 is 11.8 Å². The van der Waals surface area contributed by atoms with E-state index in [0.717, 1.165) is 13.0 Å². The number of carbonyl (C=O) groups excluding carboxylic acids is 2. The summed E-state index contributed by atoms with van der Waals surface area (Å²) in [4.78, 5) is 26.2. The molecule has 1 aliphatic heterocycles. The quantitative estimate of drug-likeness (QED) is 0.822. The summed E-state index contributed by atoms with van der Waals surface area (Å²) >= 11 is 0. The van der Waals surface area contributed by atoms with Crippen LogP contribution in [0.4, 0.5) is 0 Å². The molecule has 2 rings (SSSR count). The molecule has 102 valence electrons. The highest BCUT2D eigenvalue weighted by atomic mass is 16.2. The third-order valence-electron chi connectivity index (χ3n) is 4.61. The average molecular weight is 252 g/mol. The number of nitrogens with zero attached hydrogens (tertiary/aromatic N) is 1. The van der Waals surface area contributed by atoms with E-state index < -0.39 is 0 Å². The second kappa shape index (κ2) is 4.90. The molecule has 0 bridgehead atoms. The third-order valence-corrected chi connectivity index (χ3v) is 4.61. The fraction of sp³-hybridized carbons (Fsp3) is 0.857. The molecular weight excluding hydrogens is 228 g/mol. The van der Waals surface area contributed by atoms with E-state index in [0.29, 0.717) is 11.8 Å². The van der Waals surface area contributed by atoms with Gasteiger partial charge < -0.3 is 10.2 Å². The van der Waals surface area contributed by atoms with Crippen LogP contribution in [0.2, 0.25) is 0 Å². The monoisotopic (exact) mass is 252 g/mol. The van der Waals surface area contributed by atoms with Crippen molar-refractivity contribution in [2.75, 3.05) is 6.54 Å². The first-order chi connectivity index (χ1) is 8.45.